The molecule has 0 radical (unpaired) electrons. The maximum Gasteiger partial charge on any atom is 0.286 e. The molecule has 88 valence electrons. The van der Waals surface area contributed by atoms with Crippen LogP contribution in [0.4, 0.5) is 0 Å². The van der Waals surface area contributed by atoms with E-state index >= 15 is 0 Å². The van der Waals surface area contributed by atoms with Crippen molar-refractivity contribution in [3.8, 4) is 0 Å². The summed E-state index contributed by atoms with van der Waals surface area (Å²) in [5.74, 6) is 0.0433. The summed E-state index contributed by atoms with van der Waals surface area (Å²) in [6.45, 7) is 8.44. The fourth-order valence-electron chi connectivity index (χ4n) is 1.45. The second kappa shape index (κ2) is 5.10. The Balaban J connectivity index is 2.56. The third kappa shape index (κ3) is 4.43. The number of carbonyl (C=O) groups excluding carboxylic acids is 1. The van der Waals surface area contributed by atoms with Gasteiger partial charge in [0, 0.05) is 17.7 Å². The van der Waals surface area contributed by atoms with Gasteiger partial charge >= 0.3 is 0 Å². The van der Waals surface area contributed by atoms with E-state index in [1.54, 1.807) is 0 Å². The summed E-state index contributed by atoms with van der Waals surface area (Å²) < 4.78 is 1.89. The fourth-order valence-corrected chi connectivity index (χ4v) is 1.45. The zero-order valence-electron chi connectivity index (χ0n) is 10.6. The van der Waals surface area contributed by atoms with Crippen LogP contribution in [0.25, 0.3) is 0 Å². The number of rotatable bonds is 3. The number of pyridine rings is 1. The lowest BCUT2D eigenvalue weighted by Gasteiger charge is -2.19. The first-order chi connectivity index (χ1) is 7.40. The molecule has 3 heteroatoms. The summed E-state index contributed by atoms with van der Waals surface area (Å²) in [6, 6.07) is 4.09. The van der Waals surface area contributed by atoms with E-state index in [1.807, 2.05) is 49.9 Å². The molecule has 0 aliphatic rings. The van der Waals surface area contributed by atoms with Crippen molar-refractivity contribution in [2.45, 2.75) is 46.2 Å². The molecule has 0 atom stereocenters. The van der Waals surface area contributed by atoms with Crippen LogP contribution in [-0.2, 0) is 17.8 Å². The number of nitrogens with zero attached hydrogens (tertiary/aromatic N) is 1. The number of amides is 1. The quantitative estimate of drug-likeness (QED) is 0.770. The Hall–Kier alpha value is -1.38. The van der Waals surface area contributed by atoms with Crippen LogP contribution in [0.15, 0.2) is 24.5 Å². The van der Waals surface area contributed by atoms with Crippen molar-refractivity contribution in [1.82, 2.24) is 5.32 Å². The highest BCUT2D eigenvalue weighted by molar-refractivity contribution is 5.75. The summed E-state index contributed by atoms with van der Waals surface area (Å²) in [7, 11) is 0. The molecule has 0 saturated carbocycles. The van der Waals surface area contributed by atoms with E-state index in [4.69, 9.17) is 0 Å². The van der Waals surface area contributed by atoms with Crippen LogP contribution in [0, 0.1) is 0 Å². The Morgan fingerprint density at radius 3 is 2.31 bits per heavy atom. The fraction of sp³-hybridized carbons (Fsp3) is 0.538. The molecule has 1 aromatic rings. The number of aromatic nitrogens is 1. The summed E-state index contributed by atoms with van der Waals surface area (Å²) in [4.78, 5) is 11.7. The van der Waals surface area contributed by atoms with Crippen LogP contribution in [0.2, 0.25) is 0 Å². The number of hydrogen-bond donors (Lipinski definition) is 1. The molecule has 0 spiro atoms. The average Bonchev–Trinajstić information content (AvgIpc) is 2.16. The smallest absolute Gasteiger partial charge is 0.286 e. The topological polar surface area (TPSA) is 33.0 Å². The van der Waals surface area contributed by atoms with Crippen molar-refractivity contribution >= 4 is 5.91 Å². The van der Waals surface area contributed by atoms with Gasteiger partial charge in [0.1, 0.15) is 0 Å². The van der Waals surface area contributed by atoms with E-state index in [0.29, 0.717) is 6.54 Å². The van der Waals surface area contributed by atoms with Gasteiger partial charge in [0.15, 0.2) is 12.4 Å². The second-order valence-corrected chi connectivity index (χ2v) is 5.03. The monoisotopic (exact) mass is 221 g/mol. The molecule has 1 N–H and O–H groups in total. The van der Waals surface area contributed by atoms with Gasteiger partial charge in [0.05, 0.1) is 0 Å². The highest BCUT2D eigenvalue weighted by Crippen LogP contribution is 1.98. The van der Waals surface area contributed by atoms with E-state index in [2.05, 4.69) is 12.2 Å². The Morgan fingerprint density at radius 1 is 1.31 bits per heavy atom. The van der Waals surface area contributed by atoms with E-state index in [0.717, 1.165) is 6.42 Å². The Labute approximate surface area is 97.5 Å². The third-order valence-corrected chi connectivity index (χ3v) is 2.21. The van der Waals surface area contributed by atoms with Gasteiger partial charge < -0.3 is 5.32 Å². The number of hydrogen-bond acceptors (Lipinski definition) is 1. The van der Waals surface area contributed by atoms with Crippen LogP contribution < -0.4 is 9.88 Å². The second-order valence-electron chi connectivity index (χ2n) is 5.03. The zero-order chi connectivity index (χ0) is 12.2. The molecule has 0 aliphatic heterocycles. The molecular formula is C13H21N2O+. The van der Waals surface area contributed by atoms with Gasteiger partial charge in [-0.15, -0.1) is 0 Å². The number of aryl methyl sites for hydroxylation is 1. The molecule has 16 heavy (non-hydrogen) atoms. The molecule has 1 aromatic heterocycles. The maximum atomic E-state index is 11.7. The van der Waals surface area contributed by atoms with Crippen molar-refractivity contribution in [2.75, 3.05) is 0 Å². The minimum Gasteiger partial charge on any atom is -0.346 e. The Kier molecular flexibility index (Phi) is 4.05. The number of carbonyl (C=O) groups is 1. The number of nitrogens with one attached hydrogen (secondary N) is 1. The first kappa shape index (κ1) is 12.7. The standard InChI is InChI=1S/C13H20N2O/c1-5-11-6-8-15(9-7-11)10-12(16)14-13(2,3)4/h6-9H,5,10H2,1-4H3/p+1. The predicted molar refractivity (Wildman–Crippen MR) is 63.9 cm³/mol. The van der Waals surface area contributed by atoms with Gasteiger partial charge in [-0.05, 0) is 32.8 Å². The largest absolute Gasteiger partial charge is 0.346 e. The van der Waals surface area contributed by atoms with Crippen LogP contribution in [0.3, 0.4) is 0 Å². The molecule has 0 unspecified atom stereocenters. The summed E-state index contributed by atoms with van der Waals surface area (Å²) in [6.07, 6.45) is 4.91. The van der Waals surface area contributed by atoms with Gasteiger partial charge in [-0.1, -0.05) is 6.92 Å². The lowest BCUT2D eigenvalue weighted by molar-refractivity contribution is -0.684. The van der Waals surface area contributed by atoms with E-state index < -0.39 is 0 Å². The molecule has 1 amide bonds. The van der Waals surface area contributed by atoms with Crippen LogP contribution in [0.1, 0.15) is 33.3 Å². The van der Waals surface area contributed by atoms with E-state index in [9.17, 15) is 4.79 Å². The van der Waals surface area contributed by atoms with Gasteiger partial charge in [-0.3, -0.25) is 4.79 Å². The van der Waals surface area contributed by atoms with Gasteiger partial charge in [0.25, 0.3) is 5.91 Å². The lowest BCUT2D eigenvalue weighted by Crippen LogP contribution is -2.48. The molecule has 1 heterocycles. The van der Waals surface area contributed by atoms with Crippen LogP contribution in [-0.4, -0.2) is 11.4 Å². The summed E-state index contributed by atoms with van der Waals surface area (Å²) in [5, 5.41) is 2.94. The third-order valence-electron chi connectivity index (χ3n) is 2.21. The van der Waals surface area contributed by atoms with Crippen molar-refractivity contribution in [2.24, 2.45) is 0 Å². The summed E-state index contributed by atoms with van der Waals surface area (Å²) >= 11 is 0. The van der Waals surface area contributed by atoms with Gasteiger partial charge in [0.2, 0.25) is 6.54 Å². The molecule has 0 fully saturated rings. The molecule has 3 nitrogen and oxygen atoms in total. The van der Waals surface area contributed by atoms with Crippen molar-refractivity contribution in [3.05, 3.63) is 30.1 Å². The molecule has 0 bridgehead atoms. The van der Waals surface area contributed by atoms with Gasteiger partial charge in [-0.2, -0.15) is 4.57 Å². The SMILES string of the molecule is CCc1cc[n+](CC(=O)NC(C)(C)C)cc1. The minimum atomic E-state index is -0.166. The van der Waals surface area contributed by atoms with E-state index in [1.165, 1.54) is 5.56 Å². The first-order valence-corrected chi connectivity index (χ1v) is 5.69. The summed E-state index contributed by atoms with van der Waals surface area (Å²) in [5.41, 5.74) is 1.12. The Morgan fingerprint density at radius 2 is 1.88 bits per heavy atom. The normalized spacial score (nSPS) is 11.2. The molecule has 0 aliphatic carbocycles. The highest BCUT2D eigenvalue weighted by Gasteiger charge is 2.16. The Bertz CT molecular complexity index is 349. The molecule has 0 aromatic carbocycles. The van der Waals surface area contributed by atoms with Crippen molar-refractivity contribution < 1.29 is 9.36 Å². The maximum absolute atomic E-state index is 11.7. The average molecular weight is 221 g/mol. The van der Waals surface area contributed by atoms with Crippen molar-refractivity contribution in [1.29, 1.82) is 0 Å². The van der Waals surface area contributed by atoms with Gasteiger partial charge in [-0.25, -0.2) is 0 Å². The lowest BCUT2D eigenvalue weighted by atomic mass is 10.1. The van der Waals surface area contributed by atoms with Crippen LogP contribution in [0.5, 0.6) is 0 Å². The zero-order valence-corrected chi connectivity index (χ0v) is 10.6. The highest BCUT2D eigenvalue weighted by atomic mass is 16.2. The van der Waals surface area contributed by atoms with Crippen molar-refractivity contribution in [3.63, 3.8) is 0 Å². The van der Waals surface area contributed by atoms with E-state index in [-0.39, 0.29) is 11.4 Å². The molecule has 0 saturated heterocycles. The molecule has 1 rings (SSSR count). The van der Waals surface area contributed by atoms with Crippen LogP contribution >= 0.6 is 0 Å². The molecular weight excluding hydrogens is 200 g/mol. The first-order valence-electron chi connectivity index (χ1n) is 5.69. The minimum absolute atomic E-state index is 0.0433. The predicted octanol–water partition coefficient (Wildman–Crippen LogP) is 1.45.